The van der Waals surface area contributed by atoms with Crippen molar-refractivity contribution in [1.29, 1.82) is 0 Å². The van der Waals surface area contributed by atoms with Gasteiger partial charge in [-0.05, 0) is 36.4 Å². The number of hydrogen-bond acceptors (Lipinski definition) is 4. The zero-order chi connectivity index (χ0) is 22.7. The summed E-state index contributed by atoms with van der Waals surface area (Å²) in [5.74, 6) is -0.0136. The number of aromatic nitrogens is 2. The van der Waals surface area contributed by atoms with Crippen molar-refractivity contribution in [3.05, 3.63) is 72.3 Å². The molecule has 1 fully saturated rings. The van der Waals surface area contributed by atoms with Crippen LogP contribution in [0.25, 0.3) is 5.69 Å². The lowest BCUT2D eigenvalue weighted by atomic mass is 10.2. The third-order valence-electron chi connectivity index (χ3n) is 5.25. The van der Waals surface area contributed by atoms with E-state index in [1.807, 2.05) is 9.80 Å². The first kappa shape index (κ1) is 21.8. The summed E-state index contributed by atoms with van der Waals surface area (Å²) in [4.78, 5) is 20.6. The number of benzene rings is 2. The lowest BCUT2D eigenvalue weighted by Gasteiger charge is -2.35. The molecule has 1 N–H and O–H groups in total. The third kappa shape index (κ3) is 4.91. The topological polar surface area (TPSA) is 53.4 Å². The monoisotopic (exact) mass is 447 g/mol. The first-order chi connectivity index (χ1) is 15.3. The predicted molar refractivity (Wildman–Crippen MR) is 112 cm³/mol. The molecule has 0 unspecified atom stereocenters. The van der Waals surface area contributed by atoms with Gasteiger partial charge in [0.1, 0.15) is 5.82 Å². The molecular weight excluding hydrogens is 426 g/mol. The Bertz CT molecular complexity index is 1070. The van der Waals surface area contributed by atoms with Crippen molar-refractivity contribution in [2.24, 2.45) is 0 Å². The number of imidazole rings is 1. The molecule has 1 aromatic heterocycles. The minimum atomic E-state index is -4.41. The van der Waals surface area contributed by atoms with Crippen LogP contribution in [0, 0.1) is 5.82 Å². The number of alkyl halides is 3. The number of nitrogens with one attached hydrogen (secondary N) is 1. The van der Waals surface area contributed by atoms with Gasteiger partial charge in [-0.15, -0.1) is 0 Å². The number of carbonyl (C=O) groups is 1. The van der Waals surface area contributed by atoms with Gasteiger partial charge in [-0.2, -0.15) is 13.2 Å². The van der Waals surface area contributed by atoms with E-state index in [0.29, 0.717) is 43.5 Å². The van der Waals surface area contributed by atoms with Crippen molar-refractivity contribution in [2.75, 3.05) is 42.9 Å². The maximum Gasteiger partial charge on any atom is 0.416 e. The average Bonchev–Trinajstić information content (AvgIpc) is 3.24. The molecule has 1 aliphatic rings. The van der Waals surface area contributed by atoms with Crippen LogP contribution in [0.1, 0.15) is 5.56 Å². The van der Waals surface area contributed by atoms with E-state index in [0.717, 1.165) is 12.1 Å². The minimum Gasteiger partial charge on any atom is -0.339 e. The molecule has 10 heteroatoms. The Morgan fingerprint density at radius 1 is 1.00 bits per heavy atom. The normalized spacial score (nSPS) is 15.1. The standard InChI is InChI=1S/C22H21F4N5O/c23-18-3-1-2-4-19(18)31-10-9-27-21(31)30-13-11-29(12-14-30)15-20(32)28-17-7-5-16(6-8-17)22(24,25)26/h1-10H,11-15H2,(H,28,32). The Balaban J connectivity index is 1.32. The summed E-state index contributed by atoms with van der Waals surface area (Å²) >= 11 is 0. The van der Waals surface area contributed by atoms with Crippen LogP contribution in [0.5, 0.6) is 0 Å². The Labute approximate surface area is 182 Å². The second-order valence-corrected chi connectivity index (χ2v) is 7.44. The molecule has 0 bridgehead atoms. The van der Waals surface area contributed by atoms with E-state index in [-0.39, 0.29) is 18.3 Å². The molecule has 0 radical (unpaired) electrons. The molecule has 2 aromatic carbocycles. The van der Waals surface area contributed by atoms with Gasteiger partial charge in [0.25, 0.3) is 0 Å². The molecule has 1 saturated heterocycles. The quantitative estimate of drug-likeness (QED) is 0.605. The fourth-order valence-electron chi connectivity index (χ4n) is 3.62. The number of hydrogen-bond donors (Lipinski definition) is 1. The molecule has 1 amide bonds. The summed E-state index contributed by atoms with van der Waals surface area (Å²) in [5.41, 5.74) is -0.0349. The van der Waals surface area contributed by atoms with Gasteiger partial charge in [0.05, 0.1) is 17.8 Å². The Kier molecular flexibility index (Phi) is 6.13. The second kappa shape index (κ2) is 8.99. The highest BCUT2D eigenvalue weighted by molar-refractivity contribution is 5.92. The molecule has 32 heavy (non-hydrogen) atoms. The van der Waals surface area contributed by atoms with E-state index in [9.17, 15) is 22.4 Å². The van der Waals surface area contributed by atoms with Gasteiger partial charge < -0.3 is 10.2 Å². The predicted octanol–water partition coefficient (Wildman–Crippen LogP) is 3.79. The molecule has 0 saturated carbocycles. The van der Waals surface area contributed by atoms with Crippen LogP contribution >= 0.6 is 0 Å². The van der Waals surface area contributed by atoms with Crippen LogP contribution in [0.2, 0.25) is 0 Å². The van der Waals surface area contributed by atoms with Crippen LogP contribution in [0.4, 0.5) is 29.2 Å². The number of amides is 1. The number of halogens is 4. The van der Waals surface area contributed by atoms with Crippen LogP contribution in [-0.4, -0.2) is 53.1 Å². The minimum absolute atomic E-state index is 0.122. The zero-order valence-electron chi connectivity index (χ0n) is 17.0. The summed E-state index contributed by atoms with van der Waals surface area (Å²) in [6, 6.07) is 10.8. The van der Waals surface area contributed by atoms with E-state index in [2.05, 4.69) is 10.3 Å². The highest BCUT2D eigenvalue weighted by Gasteiger charge is 2.30. The Morgan fingerprint density at radius 3 is 2.34 bits per heavy atom. The van der Waals surface area contributed by atoms with E-state index < -0.39 is 11.7 Å². The van der Waals surface area contributed by atoms with Crippen molar-refractivity contribution < 1.29 is 22.4 Å². The SMILES string of the molecule is O=C(CN1CCN(c2nccn2-c2ccccc2F)CC1)Nc1ccc(C(F)(F)F)cc1. The van der Waals surface area contributed by atoms with Gasteiger partial charge in [-0.3, -0.25) is 14.3 Å². The van der Waals surface area contributed by atoms with Gasteiger partial charge in [0, 0.05) is 44.3 Å². The van der Waals surface area contributed by atoms with E-state index in [1.54, 1.807) is 35.2 Å². The summed E-state index contributed by atoms with van der Waals surface area (Å²) in [5, 5.41) is 2.62. The molecule has 168 valence electrons. The van der Waals surface area contributed by atoms with Gasteiger partial charge in [-0.1, -0.05) is 12.1 Å². The smallest absolute Gasteiger partial charge is 0.339 e. The molecule has 3 aromatic rings. The summed E-state index contributed by atoms with van der Waals surface area (Å²) < 4.78 is 53.8. The number of rotatable bonds is 5. The van der Waals surface area contributed by atoms with E-state index in [4.69, 9.17) is 0 Å². The van der Waals surface area contributed by atoms with Crippen molar-refractivity contribution in [3.63, 3.8) is 0 Å². The van der Waals surface area contributed by atoms with E-state index in [1.165, 1.54) is 18.2 Å². The first-order valence-corrected chi connectivity index (χ1v) is 10.0. The van der Waals surface area contributed by atoms with Gasteiger partial charge in [-0.25, -0.2) is 9.37 Å². The maximum atomic E-state index is 14.2. The second-order valence-electron chi connectivity index (χ2n) is 7.44. The number of piperazine rings is 1. The molecule has 4 rings (SSSR count). The van der Waals surface area contributed by atoms with Crippen LogP contribution in [0.3, 0.4) is 0 Å². The van der Waals surface area contributed by atoms with Crippen LogP contribution < -0.4 is 10.2 Å². The van der Waals surface area contributed by atoms with Crippen molar-refractivity contribution >= 4 is 17.5 Å². The van der Waals surface area contributed by atoms with Crippen molar-refractivity contribution in [3.8, 4) is 5.69 Å². The first-order valence-electron chi connectivity index (χ1n) is 10.0. The van der Waals surface area contributed by atoms with Gasteiger partial charge >= 0.3 is 6.18 Å². The number of carbonyl (C=O) groups excluding carboxylic acids is 1. The molecule has 0 spiro atoms. The molecule has 0 aliphatic carbocycles. The maximum absolute atomic E-state index is 14.2. The molecule has 0 atom stereocenters. The Hall–Kier alpha value is -3.40. The zero-order valence-corrected chi connectivity index (χ0v) is 17.0. The molecule has 2 heterocycles. The molecule has 1 aliphatic heterocycles. The Morgan fingerprint density at radius 2 is 1.69 bits per heavy atom. The fourth-order valence-corrected chi connectivity index (χ4v) is 3.62. The lowest BCUT2D eigenvalue weighted by molar-refractivity contribution is -0.137. The third-order valence-corrected chi connectivity index (χ3v) is 5.25. The number of nitrogens with zero attached hydrogens (tertiary/aromatic N) is 4. The number of para-hydroxylation sites is 1. The van der Waals surface area contributed by atoms with Gasteiger partial charge in [0.15, 0.2) is 0 Å². The summed E-state index contributed by atoms with van der Waals surface area (Å²) in [7, 11) is 0. The summed E-state index contributed by atoms with van der Waals surface area (Å²) in [6.07, 6.45) is -1.09. The largest absolute Gasteiger partial charge is 0.416 e. The average molecular weight is 447 g/mol. The fraction of sp³-hybridized carbons (Fsp3) is 0.273. The van der Waals surface area contributed by atoms with E-state index >= 15 is 0 Å². The summed E-state index contributed by atoms with van der Waals surface area (Å²) in [6.45, 7) is 2.49. The van der Waals surface area contributed by atoms with Crippen molar-refractivity contribution in [2.45, 2.75) is 6.18 Å². The van der Waals surface area contributed by atoms with Crippen LogP contribution in [-0.2, 0) is 11.0 Å². The van der Waals surface area contributed by atoms with Crippen molar-refractivity contribution in [1.82, 2.24) is 14.5 Å². The van der Waals surface area contributed by atoms with Crippen LogP contribution in [0.15, 0.2) is 60.9 Å². The highest BCUT2D eigenvalue weighted by Crippen LogP contribution is 2.29. The number of anilines is 2. The lowest BCUT2D eigenvalue weighted by Crippen LogP contribution is -2.49. The van der Waals surface area contributed by atoms with Gasteiger partial charge in [0.2, 0.25) is 11.9 Å². The molecule has 6 nitrogen and oxygen atoms in total. The highest BCUT2D eigenvalue weighted by atomic mass is 19.4. The molecular formula is C22H21F4N5O.